The summed E-state index contributed by atoms with van der Waals surface area (Å²) in [7, 11) is 3.93. The highest BCUT2D eigenvalue weighted by Gasteiger charge is 2.47. The first-order valence-corrected chi connectivity index (χ1v) is 7.65. The molecule has 3 heteroatoms. The Hall–Kier alpha value is -1.06. The molecule has 1 aliphatic heterocycles. The number of piperidine rings is 1. The Balaban J connectivity index is 1.99. The molecule has 0 spiro atoms. The summed E-state index contributed by atoms with van der Waals surface area (Å²) in [6, 6.07) is 8.48. The van der Waals surface area contributed by atoms with Gasteiger partial charge in [0.25, 0.3) is 0 Å². The molecule has 0 aromatic heterocycles. The van der Waals surface area contributed by atoms with Crippen molar-refractivity contribution in [1.29, 1.82) is 0 Å². The van der Waals surface area contributed by atoms with Gasteiger partial charge in [0.05, 0.1) is 13.2 Å². The fourth-order valence-electron chi connectivity index (χ4n) is 4.22. The fourth-order valence-corrected chi connectivity index (χ4v) is 4.22. The zero-order valence-corrected chi connectivity index (χ0v) is 12.5. The van der Waals surface area contributed by atoms with Gasteiger partial charge in [-0.3, -0.25) is 0 Å². The van der Waals surface area contributed by atoms with Gasteiger partial charge in [-0.05, 0) is 62.9 Å². The van der Waals surface area contributed by atoms with Crippen molar-refractivity contribution in [3.63, 3.8) is 0 Å². The maximum absolute atomic E-state index is 10.2. The van der Waals surface area contributed by atoms with E-state index in [1.807, 2.05) is 6.07 Å². The number of methoxy groups -OCH3 is 1. The van der Waals surface area contributed by atoms with Gasteiger partial charge in [-0.15, -0.1) is 0 Å². The predicted octanol–water partition coefficient (Wildman–Crippen LogP) is 2.43. The number of hydrogen-bond acceptors (Lipinski definition) is 3. The van der Waals surface area contributed by atoms with Crippen LogP contribution in [0.1, 0.15) is 31.2 Å². The van der Waals surface area contributed by atoms with Crippen LogP contribution in [-0.4, -0.2) is 43.4 Å². The van der Waals surface area contributed by atoms with Crippen molar-refractivity contribution in [2.75, 3.05) is 27.2 Å². The van der Waals surface area contributed by atoms with Crippen molar-refractivity contribution in [1.82, 2.24) is 4.90 Å². The van der Waals surface area contributed by atoms with Crippen LogP contribution >= 0.6 is 0 Å². The summed E-state index contributed by atoms with van der Waals surface area (Å²) in [5.74, 6) is 1.58. The molecule has 3 nitrogen and oxygen atoms in total. The molecule has 110 valence electrons. The smallest absolute Gasteiger partial charge is 0.119 e. The Morgan fingerprint density at radius 2 is 2.20 bits per heavy atom. The molecular formula is C17H25NO2. The van der Waals surface area contributed by atoms with E-state index < -0.39 is 0 Å². The van der Waals surface area contributed by atoms with Gasteiger partial charge in [0.15, 0.2) is 0 Å². The first kappa shape index (κ1) is 13.9. The summed E-state index contributed by atoms with van der Waals surface area (Å²) in [5, 5.41) is 10.2. The number of fused-ring (bicyclic) bond motifs is 1. The highest BCUT2D eigenvalue weighted by Crippen LogP contribution is 2.49. The van der Waals surface area contributed by atoms with Crippen molar-refractivity contribution < 1.29 is 9.84 Å². The van der Waals surface area contributed by atoms with E-state index in [0.29, 0.717) is 5.92 Å². The minimum atomic E-state index is -0.152. The molecule has 0 radical (unpaired) electrons. The lowest BCUT2D eigenvalue weighted by Gasteiger charge is -2.51. The molecule has 0 amide bonds. The van der Waals surface area contributed by atoms with Crippen LogP contribution in [0.4, 0.5) is 0 Å². The molecular weight excluding hydrogens is 250 g/mol. The first-order valence-electron chi connectivity index (χ1n) is 7.65. The van der Waals surface area contributed by atoms with E-state index in [0.717, 1.165) is 44.5 Å². The molecule has 2 fully saturated rings. The Labute approximate surface area is 121 Å². The average molecular weight is 275 g/mol. The lowest BCUT2D eigenvalue weighted by molar-refractivity contribution is 0.00288. The highest BCUT2D eigenvalue weighted by atomic mass is 16.5. The highest BCUT2D eigenvalue weighted by molar-refractivity contribution is 5.36. The zero-order chi connectivity index (χ0) is 14.2. The summed E-state index contributed by atoms with van der Waals surface area (Å²) in [5.41, 5.74) is 1.49. The second-order valence-corrected chi connectivity index (χ2v) is 6.53. The van der Waals surface area contributed by atoms with E-state index in [1.54, 1.807) is 7.11 Å². The van der Waals surface area contributed by atoms with Crippen LogP contribution in [0.15, 0.2) is 24.3 Å². The molecule has 1 aliphatic carbocycles. The van der Waals surface area contributed by atoms with Crippen molar-refractivity contribution in [2.24, 2.45) is 5.92 Å². The quantitative estimate of drug-likeness (QED) is 0.900. The van der Waals surface area contributed by atoms with Crippen LogP contribution < -0.4 is 4.74 Å². The number of rotatable bonds is 2. The summed E-state index contributed by atoms with van der Waals surface area (Å²) in [6.07, 6.45) is 3.96. The minimum Gasteiger partial charge on any atom is -0.497 e. The predicted molar refractivity (Wildman–Crippen MR) is 80.1 cm³/mol. The number of aliphatic hydroxyl groups is 1. The summed E-state index contributed by atoms with van der Waals surface area (Å²) < 4.78 is 5.40. The van der Waals surface area contributed by atoms with Crippen molar-refractivity contribution >= 4 is 0 Å². The average Bonchev–Trinajstić information content (AvgIpc) is 2.47. The van der Waals surface area contributed by atoms with Crippen LogP contribution in [0.2, 0.25) is 0 Å². The van der Waals surface area contributed by atoms with Gasteiger partial charge in [-0.2, -0.15) is 0 Å². The molecule has 1 aromatic carbocycles. The SMILES string of the molecule is COc1cccc(C23CCN(C)CC2CCC(O)C3)c1. The van der Waals surface area contributed by atoms with E-state index in [4.69, 9.17) is 4.74 Å². The Kier molecular flexibility index (Phi) is 3.74. The Morgan fingerprint density at radius 3 is 3.00 bits per heavy atom. The lowest BCUT2D eigenvalue weighted by atomic mass is 9.58. The molecule has 3 unspecified atom stereocenters. The molecule has 1 aromatic rings. The summed E-state index contributed by atoms with van der Waals surface area (Å²) in [6.45, 7) is 2.25. The number of nitrogens with zero attached hydrogens (tertiary/aromatic N) is 1. The van der Waals surface area contributed by atoms with Gasteiger partial charge in [0, 0.05) is 12.0 Å². The van der Waals surface area contributed by atoms with Gasteiger partial charge < -0.3 is 14.7 Å². The standard InChI is InChI=1S/C17H25NO2/c1-18-9-8-17(11-15(19)7-6-14(17)12-18)13-4-3-5-16(10-13)20-2/h3-5,10,14-15,19H,6-9,11-12H2,1-2H3. The van der Waals surface area contributed by atoms with Gasteiger partial charge in [-0.25, -0.2) is 0 Å². The van der Waals surface area contributed by atoms with E-state index in [9.17, 15) is 5.11 Å². The Morgan fingerprint density at radius 1 is 1.35 bits per heavy atom. The largest absolute Gasteiger partial charge is 0.497 e. The first-order chi connectivity index (χ1) is 9.64. The van der Waals surface area contributed by atoms with Crippen LogP contribution in [0.5, 0.6) is 5.75 Å². The third-order valence-electron chi connectivity index (χ3n) is 5.35. The van der Waals surface area contributed by atoms with Gasteiger partial charge >= 0.3 is 0 Å². The lowest BCUT2D eigenvalue weighted by Crippen LogP contribution is -2.52. The molecule has 20 heavy (non-hydrogen) atoms. The molecule has 1 heterocycles. The Bertz CT molecular complexity index is 476. The molecule has 3 rings (SSSR count). The third kappa shape index (κ3) is 2.33. The normalized spacial score (nSPS) is 34.5. The van der Waals surface area contributed by atoms with Crippen LogP contribution in [-0.2, 0) is 5.41 Å². The summed E-state index contributed by atoms with van der Waals surface area (Å²) in [4.78, 5) is 2.43. The maximum atomic E-state index is 10.2. The van der Waals surface area contributed by atoms with Gasteiger partial charge in [0.2, 0.25) is 0 Å². The molecule has 3 atom stereocenters. The fraction of sp³-hybridized carbons (Fsp3) is 0.647. The number of hydrogen-bond donors (Lipinski definition) is 1. The molecule has 1 saturated carbocycles. The minimum absolute atomic E-state index is 0.138. The molecule has 1 saturated heterocycles. The van der Waals surface area contributed by atoms with Gasteiger partial charge in [0.1, 0.15) is 5.75 Å². The molecule has 1 N–H and O–H groups in total. The maximum Gasteiger partial charge on any atom is 0.119 e. The number of likely N-dealkylation sites (tertiary alicyclic amines) is 1. The van der Waals surface area contributed by atoms with Crippen LogP contribution in [0, 0.1) is 5.92 Å². The van der Waals surface area contributed by atoms with E-state index in [2.05, 4.69) is 30.1 Å². The van der Waals surface area contributed by atoms with E-state index in [1.165, 1.54) is 5.56 Å². The molecule has 0 bridgehead atoms. The number of benzene rings is 1. The van der Waals surface area contributed by atoms with Crippen LogP contribution in [0.3, 0.4) is 0 Å². The summed E-state index contributed by atoms with van der Waals surface area (Å²) >= 11 is 0. The van der Waals surface area contributed by atoms with Crippen molar-refractivity contribution in [2.45, 2.75) is 37.2 Å². The molecule has 2 aliphatic rings. The third-order valence-corrected chi connectivity index (χ3v) is 5.35. The monoisotopic (exact) mass is 275 g/mol. The second-order valence-electron chi connectivity index (χ2n) is 6.53. The number of ether oxygens (including phenoxy) is 1. The second kappa shape index (κ2) is 5.38. The van der Waals surface area contributed by atoms with E-state index >= 15 is 0 Å². The zero-order valence-electron chi connectivity index (χ0n) is 12.5. The van der Waals surface area contributed by atoms with Gasteiger partial charge in [-0.1, -0.05) is 12.1 Å². The van der Waals surface area contributed by atoms with Crippen molar-refractivity contribution in [3.05, 3.63) is 29.8 Å². The topological polar surface area (TPSA) is 32.7 Å². The number of aliphatic hydroxyl groups excluding tert-OH is 1. The van der Waals surface area contributed by atoms with Crippen LogP contribution in [0.25, 0.3) is 0 Å². The van der Waals surface area contributed by atoms with Crippen molar-refractivity contribution in [3.8, 4) is 5.75 Å². The van der Waals surface area contributed by atoms with E-state index in [-0.39, 0.29) is 11.5 Å².